The lowest BCUT2D eigenvalue weighted by Crippen LogP contribution is -2.04. The highest BCUT2D eigenvalue weighted by Crippen LogP contribution is 2.35. The fourth-order valence-corrected chi connectivity index (χ4v) is 1.51. The van der Waals surface area contributed by atoms with Crippen molar-refractivity contribution in [2.24, 2.45) is 0 Å². The lowest BCUT2D eigenvalue weighted by molar-refractivity contribution is 1.28. The lowest BCUT2D eigenvalue weighted by atomic mass is 10.2. The van der Waals surface area contributed by atoms with Gasteiger partial charge in [0, 0.05) is 16.5 Å². The van der Waals surface area contributed by atoms with E-state index in [4.69, 9.17) is 58.0 Å². The van der Waals surface area contributed by atoms with Crippen LogP contribution in [0.15, 0.2) is 18.2 Å². The first kappa shape index (κ1) is 11.7. The molecule has 0 heterocycles. The van der Waals surface area contributed by atoms with Crippen molar-refractivity contribution in [3.8, 4) is 0 Å². The van der Waals surface area contributed by atoms with Crippen LogP contribution in [0.25, 0.3) is 0 Å². The summed E-state index contributed by atoms with van der Waals surface area (Å²) in [5.74, 6) is 0. The Hall–Kier alpha value is 0.670. The summed E-state index contributed by atoms with van der Waals surface area (Å²) in [4.78, 5) is 0. The van der Waals surface area contributed by atoms with Crippen LogP contribution in [0.5, 0.6) is 0 Å². The topological polar surface area (TPSA) is 0 Å². The van der Waals surface area contributed by atoms with E-state index < -0.39 is 3.79 Å². The van der Waals surface area contributed by atoms with E-state index in [0.717, 1.165) is 0 Å². The Morgan fingerprint density at radius 1 is 1.08 bits per heavy atom. The Balaban J connectivity index is 2.94. The Bertz CT molecular complexity index is 302. The first-order chi connectivity index (χ1) is 5.88. The third-order valence-corrected chi connectivity index (χ3v) is 2.18. The van der Waals surface area contributed by atoms with Gasteiger partial charge in [-0.25, -0.2) is 0 Å². The molecule has 0 aliphatic heterocycles. The zero-order chi connectivity index (χ0) is 10.1. The van der Waals surface area contributed by atoms with Crippen molar-refractivity contribution >= 4 is 58.0 Å². The van der Waals surface area contributed by atoms with Crippen molar-refractivity contribution in [1.29, 1.82) is 0 Å². The maximum absolute atomic E-state index is 5.84. The number of hydrogen-bond donors (Lipinski definition) is 0. The standard InChI is InChI=1S/C8H4Cl5/c9-6-1-2-7(10)5(3-6)4-8(11,12)13/h1-4H. The molecule has 1 aromatic rings. The van der Waals surface area contributed by atoms with Gasteiger partial charge >= 0.3 is 0 Å². The van der Waals surface area contributed by atoms with Gasteiger partial charge in [-0.05, 0) is 23.8 Å². The van der Waals surface area contributed by atoms with Gasteiger partial charge in [0.05, 0.1) is 0 Å². The molecular weight excluding hydrogens is 273 g/mol. The Kier molecular flexibility index (Phi) is 4.03. The first-order valence-electron chi connectivity index (χ1n) is 3.26. The lowest BCUT2D eigenvalue weighted by Gasteiger charge is -2.11. The van der Waals surface area contributed by atoms with Gasteiger partial charge in [-0.1, -0.05) is 58.0 Å². The molecule has 0 saturated heterocycles. The van der Waals surface area contributed by atoms with Crippen molar-refractivity contribution < 1.29 is 0 Å². The van der Waals surface area contributed by atoms with E-state index in [1.165, 1.54) is 6.42 Å². The highest BCUT2D eigenvalue weighted by Gasteiger charge is 2.22. The highest BCUT2D eigenvalue weighted by atomic mass is 35.6. The van der Waals surface area contributed by atoms with Crippen LogP contribution in [0.4, 0.5) is 0 Å². The fraction of sp³-hybridized carbons (Fsp3) is 0.125. The van der Waals surface area contributed by atoms with Crippen LogP contribution in [0.3, 0.4) is 0 Å². The minimum Gasteiger partial charge on any atom is -0.0843 e. The number of benzene rings is 1. The zero-order valence-corrected chi connectivity index (χ0v) is 9.98. The SMILES string of the molecule is Clc1ccc(Cl)c([CH]C(Cl)(Cl)Cl)c1. The van der Waals surface area contributed by atoms with Crippen molar-refractivity contribution in [1.82, 2.24) is 0 Å². The number of hydrogen-bond acceptors (Lipinski definition) is 0. The molecular formula is C8H4Cl5. The van der Waals surface area contributed by atoms with Gasteiger partial charge < -0.3 is 0 Å². The number of rotatable bonds is 1. The van der Waals surface area contributed by atoms with Gasteiger partial charge in [0.1, 0.15) is 0 Å². The van der Waals surface area contributed by atoms with E-state index in [9.17, 15) is 0 Å². The van der Waals surface area contributed by atoms with Crippen molar-refractivity contribution in [2.75, 3.05) is 0 Å². The summed E-state index contributed by atoms with van der Waals surface area (Å²) in [6.07, 6.45) is 1.41. The summed E-state index contributed by atoms with van der Waals surface area (Å²) >= 11 is 28.3. The third-order valence-electron chi connectivity index (χ3n) is 1.28. The van der Waals surface area contributed by atoms with Crippen LogP contribution in [0, 0.1) is 6.42 Å². The van der Waals surface area contributed by atoms with E-state index in [1.54, 1.807) is 18.2 Å². The molecule has 71 valence electrons. The summed E-state index contributed by atoms with van der Waals surface area (Å²) in [5, 5.41) is 1.04. The Labute approximate surface area is 102 Å². The molecule has 0 unspecified atom stereocenters. The molecule has 1 radical (unpaired) electrons. The molecule has 13 heavy (non-hydrogen) atoms. The molecule has 0 aliphatic carbocycles. The van der Waals surface area contributed by atoms with E-state index >= 15 is 0 Å². The van der Waals surface area contributed by atoms with Gasteiger partial charge in [-0.3, -0.25) is 0 Å². The van der Waals surface area contributed by atoms with Crippen LogP contribution >= 0.6 is 58.0 Å². The minimum absolute atomic E-state index is 0.496. The molecule has 0 spiro atoms. The molecule has 0 aromatic heterocycles. The second kappa shape index (κ2) is 4.46. The summed E-state index contributed by atoms with van der Waals surface area (Å²) < 4.78 is -1.46. The molecule has 0 fully saturated rings. The molecule has 0 amide bonds. The van der Waals surface area contributed by atoms with Crippen LogP contribution in [0.1, 0.15) is 5.56 Å². The van der Waals surface area contributed by atoms with Crippen molar-refractivity contribution in [3.05, 3.63) is 40.2 Å². The average molecular weight is 277 g/mol. The van der Waals surface area contributed by atoms with Gasteiger partial charge in [0.2, 0.25) is 0 Å². The number of alkyl halides is 3. The van der Waals surface area contributed by atoms with E-state index in [-0.39, 0.29) is 0 Å². The summed E-state index contributed by atoms with van der Waals surface area (Å²) in [6.45, 7) is 0. The monoisotopic (exact) mass is 275 g/mol. The second-order valence-electron chi connectivity index (χ2n) is 2.35. The summed E-state index contributed by atoms with van der Waals surface area (Å²) in [5.41, 5.74) is 0.606. The smallest absolute Gasteiger partial charge is 0.0843 e. The van der Waals surface area contributed by atoms with Crippen molar-refractivity contribution in [2.45, 2.75) is 3.79 Å². The van der Waals surface area contributed by atoms with Gasteiger partial charge in [0.15, 0.2) is 3.79 Å². The minimum atomic E-state index is -1.46. The van der Waals surface area contributed by atoms with E-state index in [0.29, 0.717) is 15.6 Å². The summed E-state index contributed by atoms with van der Waals surface area (Å²) in [7, 11) is 0. The third kappa shape index (κ3) is 4.14. The Morgan fingerprint density at radius 3 is 2.23 bits per heavy atom. The molecule has 1 rings (SSSR count). The average Bonchev–Trinajstić information content (AvgIpc) is 1.94. The molecule has 1 aromatic carbocycles. The largest absolute Gasteiger partial charge is 0.198 e. The Morgan fingerprint density at radius 2 is 1.69 bits per heavy atom. The highest BCUT2D eigenvalue weighted by molar-refractivity contribution is 6.68. The van der Waals surface area contributed by atoms with Crippen LogP contribution in [-0.2, 0) is 0 Å². The van der Waals surface area contributed by atoms with Crippen molar-refractivity contribution in [3.63, 3.8) is 0 Å². The normalized spacial score (nSPS) is 11.8. The fourth-order valence-electron chi connectivity index (χ4n) is 0.802. The predicted molar refractivity (Wildman–Crippen MR) is 60.2 cm³/mol. The predicted octanol–water partition coefficient (Wildman–Crippen LogP) is 4.92. The first-order valence-corrected chi connectivity index (χ1v) is 5.15. The zero-order valence-electron chi connectivity index (χ0n) is 6.20. The molecule has 0 nitrogen and oxygen atoms in total. The molecule has 0 bridgehead atoms. The van der Waals surface area contributed by atoms with Crippen LogP contribution in [0.2, 0.25) is 10.0 Å². The maximum Gasteiger partial charge on any atom is 0.198 e. The maximum atomic E-state index is 5.84. The number of halogens is 5. The molecule has 0 atom stereocenters. The van der Waals surface area contributed by atoms with Gasteiger partial charge in [0.25, 0.3) is 0 Å². The van der Waals surface area contributed by atoms with Gasteiger partial charge in [-0.15, -0.1) is 0 Å². The quantitative estimate of drug-likeness (QED) is 0.639. The van der Waals surface area contributed by atoms with E-state index in [1.807, 2.05) is 0 Å². The van der Waals surface area contributed by atoms with Crippen LogP contribution in [-0.4, -0.2) is 3.79 Å². The molecule has 5 heteroatoms. The van der Waals surface area contributed by atoms with E-state index in [2.05, 4.69) is 0 Å². The molecule has 0 aliphatic rings. The van der Waals surface area contributed by atoms with Crippen LogP contribution < -0.4 is 0 Å². The summed E-state index contributed by atoms with van der Waals surface area (Å²) in [6, 6.07) is 4.94. The molecule has 0 N–H and O–H groups in total. The van der Waals surface area contributed by atoms with Gasteiger partial charge in [-0.2, -0.15) is 0 Å². The second-order valence-corrected chi connectivity index (χ2v) is 5.56. The molecule has 0 saturated carbocycles.